The maximum absolute atomic E-state index is 12.7. The molecule has 0 bridgehead atoms. The SMILES string of the molecule is CC1C(=O)NC(Cc2ccccc2)C(=O)N1c1ccsc1. The number of nitrogens with zero attached hydrogens (tertiary/aromatic N) is 1. The standard InChI is InChI=1S/C16H16N2O2S/c1-11-15(19)17-14(9-12-5-3-2-4-6-12)16(20)18(11)13-7-8-21-10-13/h2-8,10-11,14H,9H2,1H3,(H,17,19). The second kappa shape index (κ2) is 5.69. The van der Waals surface area contributed by atoms with Crippen LogP contribution in [0.4, 0.5) is 5.69 Å². The highest BCUT2D eigenvalue weighted by atomic mass is 32.1. The van der Waals surface area contributed by atoms with Gasteiger partial charge in [-0.3, -0.25) is 14.5 Å². The van der Waals surface area contributed by atoms with Gasteiger partial charge in [-0.25, -0.2) is 0 Å². The summed E-state index contributed by atoms with van der Waals surface area (Å²) in [6.07, 6.45) is 0.513. The maximum atomic E-state index is 12.7. The number of piperazine rings is 1. The zero-order valence-electron chi connectivity index (χ0n) is 11.7. The third-order valence-corrected chi connectivity index (χ3v) is 4.36. The number of anilines is 1. The Morgan fingerprint density at radius 2 is 1.95 bits per heavy atom. The van der Waals surface area contributed by atoms with Crippen LogP contribution in [0.2, 0.25) is 0 Å². The van der Waals surface area contributed by atoms with Crippen molar-refractivity contribution in [3.63, 3.8) is 0 Å². The summed E-state index contributed by atoms with van der Waals surface area (Å²) < 4.78 is 0. The molecule has 2 atom stereocenters. The Hall–Kier alpha value is -2.14. The van der Waals surface area contributed by atoms with Crippen LogP contribution in [0, 0.1) is 0 Å². The van der Waals surface area contributed by atoms with Crippen molar-refractivity contribution < 1.29 is 9.59 Å². The minimum absolute atomic E-state index is 0.0515. The molecule has 1 aromatic heterocycles. The molecule has 0 saturated carbocycles. The molecule has 1 N–H and O–H groups in total. The fraction of sp³-hybridized carbons (Fsp3) is 0.250. The van der Waals surface area contributed by atoms with Gasteiger partial charge in [-0.2, -0.15) is 11.3 Å². The fourth-order valence-electron chi connectivity index (χ4n) is 2.56. The van der Waals surface area contributed by atoms with Crippen molar-refractivity contribution in [2.24, 2.45) is 0 Å². The second-order valence-electron chi connectivity index (χ2n) is 5.12. The normalized spacial score (nSPS) is 22.2. The van der Waals surface area contributed by atoms with E-state index in [-0.39, 0.29) is 11.8 Å². The van der Waals surface area contributed by atoms with Crippen molar-refractivity contribution in [2.75, 3.05) is 4.90 Å². The number of rotatable bonds is 3. The molecule has 21 heavy (non-hydrogen) atoms. The minimum atomic E-state index is -0.504. The van der Waals surface area contributed by atoms with E-state index in [0.717, 1.165) is 11.3 Å². The van der Waals surface area contributed by atoms with Gasteiger partial charge in [0, 0.05) is 11.8 Å². The molecule has 2 unspecified atom stereocenters. The Bertz CT molecular complexity index is 640. The summed E-state index contributed by atoms with van der Waals surface area (Å²) in [6.45, 7) is 1.75. The fourth-order valence-corrected chi connectivity index (χ4v) is 3.19. The molecule has 108 valence electrons. The summed E-state index contributed by atoms with van der Waals surface area (Å²) in [4.78, 5) is 26.4. The van der Waals surface area contributed by atoms with Crippen LogP contribution in [0.5, 0.6) is 0 Å². The first-order valence-electron chi connectivity index (χ1n) is 6.86. The predicted molar refractivity (Wildman–Crippen MR) is 83.3 cm³/mol. The Morgan fingerprint density at radius 3 is 2.62 bits per heavy atom. The van der Waals surface area contributed by atoms with Crippen molar-refractivity contribution in [3.8, 4) is 0 Å². The van der Waals surface area contributed by atoms with Gasteiger partial charge in [0.25, 0.3) is 5.91 Å². The van der Waals surface area contributed by atoms with Gasteiger partial charge in [-0.1, -0.05) is 30.3 Å². The quantitative estimate of drug-likeness (QED) is 0.945. The highest BCUT2D eigenvalue weighted by Crippen LogP contribution is 2.24. The summed E-state index contributed by atoms with van der Waals surface area (Å²) in [5.74, 6) is -0.161. The zero-order chi connectivity index (χ0) is 14.8. The first kappa shape index (κ1) is 13.8. The van der Waals surface area contributed by atoms with E-state index < -0.39 is 12.1 Å². The number of benzene rings is 1. The number of hydrogen-bond acceptors (Lipinski definition) is 3. The molecule has 1 aromatic carbocycles. The molecule has 0 radical (unpaired) electrons. The van der Waals surface area contributed by atoms with Crippen LogP contribution in [-0.4, -0.2) is 23.9 Å². The predicted octanol–water partition coefficient (Wildman–Crippen LogP) is 2.21. The summed E-state index contributed by atoms with van der Waals surface area (Å²) in [5, 5.41) is 6.64. The van der Waals surface area contributed by atoms with Crippen LogP contribution in [0.3, 0.4) is 0 Å². The lowest BCUT2D eigenvalue weighted by Gasteiger charge is -2.36. The van der Waals surface area contributed by atoms with E-state index in [4.69, 9.17) is 0 Å². The van der Waals surface area contributed by atoms with Gasteiger partial charge in [-0.05, 0) is 23.9 Å². The number of carbonyl (C=O) groups excluding carboxylic acids is 2. The number of nitrogens with one attached hydrogen (secondary N) is 1. The van der Waals surface area contributed by atoms with Gasteiger partial charge in [-0.15, -0.1) is 0 Å². The molecule has 1 aliphatic heterocycles. The van der Waals surface area contributed by atoms with E-state index in [2.05, 4.69) is 5.32 Å². The molecule has 2 aromatic rings. The maximum Gasteiger partial charge on any atom is 0.250 e. The molecule has 5 heteroatoms. The van der Waals surface area contributed by atoms with Crippen molar-refractivity contribution in [3.05, 3.63) is 52.7 Å². The van der Waals surface area contributed by atoms with Crippen LogP contribution in [-0.2, 0) is 16.0 Å². The molecule has 1 aliphatic rings. The number of amides is 2. The number of hydrogen-bond donors (Lipinski definition) is 1. The summed E-state index contributed by atoms with van der Waals surface area (Å²) >= 11 is 1.52. The first-order chi connectivity index (χ1) is 10.2. The first-order valence-corrected chi connectivity index (χ1v) is 7.80. The minimum Gasteiger partial charge on any atom is -0.342 e. The van der Waals surface area contributed by atoms with E-state index in [1.165, 1.54) is 11.3 Å². The second-order valence-corrected chi connectivity index (χ2v) is 5.90. The molecule has 4 nitrogen and oxygen atoms in total. The third kappa shape index (κ3) is 2.69. The lowest BCUT2D eigenvalue weighted by Crippen LogP contribution is -2.63. The Morgan fingerprint density at radius 1 is 1.19 bits per heavy atom. The summed E-state index contributed by atoms with van der Waals surface area (Å²) in [5.41, 5.74) is 1.83. The van der Waals surface area contributed by atoms with E-state index in [1.54, 1.807) is 11.8 Å². The molecule has 1 fully saturated rings. The lowest BCUT2D eigenvalue weighted by molar-refractivity contribution is -0.133. The van der Waals surface area contributed by atoms with Crippen LogP contribution in [0.1, 0.15) is 12.5 Å². The van der Waals surface area contributed by atoms with E-state index in [1.807, 2.05) is 47.2 Å². The molecular formula is C16H16N2O2S. The van der Waals surface area contributed by atoms with E-state index in [9.17, 15) is 9.59 Å². The van der Waals surface area contributed by atoms with Gasteiger partial charge in [0.15, 0.2) is 0 Å². The summed E-state index contributed by atoms with van der Waals surface area (Å²) in [7, 11) is 0. The van der Waals surface area contributed by atoms with Crippen LogP contribution >= 0.6 is 11.3 Å². The van der Waals surface area contributed by atoms with Crippen molar-refractivity contribution in [1.82, 2.24) is 5.32 Å². The lowest BCUT2D eigenvalue weighted by atomic mass is 10.0. The smallest absolute Gasteiger partial charge is 0.250 e. The average molecular weight is 300 g/mol. The van der Waals surface area contributed by atoms with Crippen LogP contribution in [0.25, 0.3) is 0 Å². The van der Waals surface area contributed by atoms with Gasteiger partial charge in [0.2, 0.25) is 5.91 Å². The third-order valence-electron chi connectivity index (χ3n) is 3.69. The molecular weight excluding hydrogens is 284 g/mol. The Balaban J connectivity index is 1.86. The number of carbonyl (C=O) groups is 2. The van der Waals surface area contributed by atoms with Crippen molar-refractivity contribution >= 4 is 28.8 Å². The highest BCUT2D eigenvalue weighted by Gasteiger charge is 2.38. The Labute approximate surface area is 127 Å². The van der Waals surface area contributed by atoms with Crippen molar-refractivity contribution in [2.45, 2.75) is 25.4 Å². The van der Waals surface area contributed by atoms with Crippen LogP contribution < -0.4 is 10.2 Å². The largest absolute Gasteiger partial charge is 0.342 e. The monoisotopic (exact) mass is 300 g/mol. The molecule has 1 saturated heterocycles. The Kier molecular flexibility index (Phi) is 3.75. The molecule has 0 aliphatic carbocycles. The van der Waals surface area contributed by atoms with E-state index >= 15 is 0 Å². The van der Waals surface area contributed by atoms with Crippen LogP contribution in [0.15, 0.2) is 47.2 Å². The zero-order valence-corrected chi connectivity index (χ0v) is 12.5. The summed E-state index contributed by atoms with van der Waals surface area (Å²) in [6, 6.07) is 10.6. The molecule has 2 heterocycles. The molecule has 3 rings (SSSR count). The highest BCUT2D eigenvalue weighted by molar-refractivity contribution is 7.08. The number of thiophene rings is 1. The van der Waals surface area contributed by atoms with Gasteiger partial charge in [0.05, 0.1) is 5.69 Å². The van der Waals surface area contributed by atoms with Gasteiger partial charge in [0.1, 0.15) is 12.1 Å². The average Bonchev–Trinajstić information content (AvgIpc) is 3.00. The van der Waals surface area contributed by atoms with Crippen molar-refractivity contribution in [1.29, 1.82) is 0 Å². The van der Waals surface area contributed by atoms with Gasteiger partial charge >= 0.3 is 0 Å². The topological polar surface area (TPSA) is 49.4 Å². The van der Waals surface area contributed by atoms with Gasteiger partial charge < -0.3 is 5.32 Å². The molecule has 2 amide bonds. The van der Waals surface area contributed by atoms with E-state index in [0.29, 0.717) is 6.42 Å². The molecule has 0 spiro atoms.